The van der Waals surface area contributed by atoms with Gasteiger partial charge in [0.2, 0.25) is 10.0 Å². The maximum Gasteiger partial charge on any atom is 0.214 e. The highest BCUT2D eigenvalue weighted by Crippen LogP contribution is 2.45. The van der Waals surface area contributed by atoms with E-state index in [0.29, 0.717) is 26.1 Å². The molecule has 2 saturated heterocycles. The molecule has 0 aromatic carbocycles. The molecule has 7 nitrogen and oxygen atoms in total. The zero-order valence-corrected chi connectivity index (χ0v) is 15.9. The molecule has 1 aromatic rings. The van der Waals surface area contributed by atoms with Crippen molar-refractivity contribution in [3.8, 4) is 0 Å². The number of pyridine rings is 1. The number of ether oxygens (including phenoxy) is 1. The minimum atomic E-state index is -3.36. The average Bonchev–Trinajstić information content (AvgIpc) is 2.78. The number of nitrogens with zero attached hydrogens (tertiary/aromatic N) is 2. The maximum atomic E-state index is 12.6. The smallest absolute Gasteiger partial charge is 0.214 e. The Bertz CT molecular complexity index is 802. The molecule has 0 N–H and O–H groups in total. The van der Waals surface area contributed by atoms with Gasteiger partial charge in [-0.15, -0.1) is 0 Å². The van der Waals surface area contributed by atoms with Gasteiger partial charge in [0.25, 0.3) is 0 Å². The van der Waals surface area contributed by atoms with E-state index < -0.39 is 24.6 Å². The van der Waals surface area contributed by atoms with E-state index in [-0.39, 0.29) is 30.5 Å². The third-order valence-electron chi connectivity index (χ3n) is 5.14. The third kappa shape index (κ3) is 3.47. The van der Waals surface area contributed by atoms with Crippen LogP contribution in [0.1, 0.15) is 25.5 Å². The highest BCUT2D eigenvalue weighted by atomic mass is 32.2. The summed E-state index contributed by atoms with van der Waals surface area (Å²) in [6.07, 6.45) is 2.73. The fourth-order valence-corrected chi connectivity index (χ4v) is 7.82. The van der Waals surface area contributed by atoms with Gasteiger partial charge in [-0.25, -0.2) is 16.8 Å². The van der Waals surface area contributed by atoms with E-state index in [4.69, 9.17) is 4.74 Å². The molecule has 3 rings (SSSR count). The molecule has 0 amide bonds. The van der Waals surface area contributed by atoms with Crippen molar-refractivity contribution in [3.63, 3.8) is 0 Å². The standard InChI is InChI=1S/C16H24N2O5S2/c1-2-8-25(21,22)18-12-16(13-18)14(6-9-24(16,19)20)10-23-11-15-5-3-4-7-17-15/h3-5,7,14H,2,6,8-13H2,1H3/t14-/m1/s1. The summed E-state index contributed by atoms with van der Waals surface area (Å²) in [7, 11) is -6.66. The molecule has 0 bridgehead atoms. The number of hydrogen-bond acceptors (Lipinski definition) is 6. The molecule has 1 aromatic heterocycles. The highest BCUT2D eigenvalue weighted by Gasteiger charge is 2.63. The van der Waals surface area contributed by atoms with Gasteiger partial charge in [-0.3, -0.25) is 4.98 Å². The normalized spacial score (nSPS) is 25.1. The fraction of sp³-hybridized carbons (Fsp3) is 0.688. The highest BCUT2D eigenvalue weighted by molar-refractivity contribution is 7.93. The molecule has 9 heteroatoms. The van der Waals surface area contributed by atoms with Crippen LogP contribution in [-0.4, -0.2) is 62.1 Å². The summed E-state index contributed by atoms with van der Waals surface area (Å²) in [5, 5.41) is 0. The predicted octanol–water partition coefficient (Wildman–Crippen LogP) is 0.827. The molecule has 3 heterocycles. The molecule has 0 unspecified atom stereocenters. The molecule has 2 aliphatic rings. The fourth-order valence-electron chi connectivity index (χ4n) is 3.63. The first-order valence-electron chi connectivity index (χ1n) is 8.48. The largest absolute Gasteiger partial charge is 0.375 e. The number of sulfonamides is 1. The molecule has 2 aliphatic heterocycles. The summed E-state index contributed by atoms with van der Waals surface area (Å²) in [6, 6.07) is 5.54. The van der Waals surface area contributed by atoms with Crippen LogP contribution >= 0.6 is 0 Å². The van der Waals surface area contributed by atoms with E-state index in [2.05, 4.69) is 4.98 Å². The van der Waals surface area contributed by atoms with Gasteiger partial charge in [0.1, 0.15) is 4.75 Å². The van der Waals surface area contributed by atoms with Gasteiger partial charge in [-0.2, -0.15) is 4.31 Å². The van der Waals surface area contributed by atoms with Crippen LogP contribution in [0.3, 0.4) is 0 Å². The maximum absolute atomic E-state index is 12.6. The van der Waals surface area contributed by atoms with Crippen molar-refractivity contribution < 1.29 is 21.6 Å². The number of sulfone groups is 1. The molecule has 2 fully saturated rings. The zero-order chi connectivity index (χ0) is 18.1. The monoisotopic (exact) mass is 388 g/mol. The Morgan fingerprint density at radius 3 is 2.76 bits per heavy atom. The Labute approximate surface area is 149 Å². The molecule has 1 spiro atoms. The first-order chi connectivity index (χ1) is 11.8. The summed E-state index contributed by atoms with van der Waals surface area (Å²) in [4.78, 5) is 4.18. The number of aromatic nitrogens is 1. The topological polar surface area (TPSA) is 93.6 Å². The molecule has 140 valence electrons. The molecule has 0 radical (unpaired) electrons. The van der Waals surface area contributed by atoms with Gasteiger partial charge in [-0.05, 0) is 25.0 Å². The Balaban J connectivity index is 1.65. The Hall–Kier alpha value is -1.03. The van der Waals surface area contributed by atoms with E-state index in [1.807, 2.05) is 18.2 Å². The summed E-state index contributed by atoms with van der Waals surface area (Å²) in [6.45, 7) is 2.56. The second kappa shape index (κ2) is 6.94. The van der Waals surface area contributed by atoms with Crippen molar-refractivity contribution in [2.75, 3.05) is 31.2 Å². The molecule has 0 aliphatic carbocycles. The molecule has 1 atom stereocenters. The van der Waals surface area contributed by atoms with Crippen LogP contribution in [0, 0.1) is 5.92 Å². The van der Waals surface area contributed by atoms with Crippen LogP contribution < -0.4 is 0 Å². The van der Waals surface area contributed by atoms with Crippen molar-refractivity contribution in [1.29, 1.82) is 0 Å². The summed E-state index contributed by atoms with van der Waals surface area (Å²) < 4.78 is 55.5. The van der Waals surface area contributed by atoms with Crippen LogP contribution in [0.15, 0.2) is 24.4 Å². The summed E-state index contributed by atoms with van der Waals surface area (Å²) >= 11 is 0. The Morgan fingerprint density at radius 2 is 2.12 bits per heavy atom. The molecular formula is C16H24N2O5S2. The minimum absolute atomic E-state index is 0.0595. The van der Waals surface area contributed by atoms with Gasteiger partial charge in [0.05, 0.1) is 30.4 Å². The lowest BCUT2D eigenvalue weighted by Gasteiger charge is -2.48. The Kier molecular flexibility index (Phi) is 5.21. The van der Waals surface area contributed by atoms with E-state index in [0.717, 1.165) is 5.69 Å². The van der Waals surface area contributed by atoms with Crippen molar-refractivity contribution in [2.24, 2.45) is 5.92 Å². The van der Waals surface area contributed by atoms with Crippen molar-refractivity contribution in [2.45, 2.75) is 31.1 Å². The van der Waals surface area contributed by atoms with Crippen LogP contribution in [-0.2, 0) is 31.2 Å². The first-order valence-corrected chi connectivity index (χ1v) is 11.7. The number of hydrogen-bond donors (Lipinski definition) is 0. The predicted molar refractivity (Wildman–Crippen MR) is 94.2 cm³/mol. The molecule has 0 saturated carbocycles. The second-order valence-corrected chi connectivity index (χ2v) is 11.3. The van der Waals surface area contributed by atoms with Gasteiger partial charge in [-0.1, -0.05) is 13.0 Å². The Morgan fingerprint density at radius 1 is 1.36 bits per heavy atom. The van der Waals surface area contributed by atoms with Crippen LogP contribution in [0.2, 0.25) is 0 Å². The first kappa shape index (κ1) is 18.8. The van der Waals surface area contributed by atoms with E-state index >= 15 is 0 Å². The number of rotatable bonds is 7. The summed E-state index contributed by atoms with van der Waals surface area (Å²) in [5.41, 5.74) is 0.790. The lowest BCUT2D eigenvalue weighted by atomic mass is 9.85. The molecular weight excluding hydrogens is 364 g/mol. The van der Waals surface area contributed by atoms with E-state index in [9.17, 15) is 16.8 Å². The van der Waals surface area contributed by atoms with Gasteiger partial charge >= 0.3 is 0 Å². The summed E-state index contributed by atoms with van der Waals surface area (Å²) in [5.74, 6) is -0.00901. The van der Waals surface area contributed by atoms with Gasteiger partial charge in [0, 0.05) is 25.2 Å². The van der Waals surface area contributed by atoms with E-state index in [1.165, 1.54) is 4.31 Å². The second-order valence-electron chi connectivity index (χ2n) is 6.79. The van der Waals surface area contributed by atoms with Crippen molar-refractivity contribution in [1.82, 2.24) is 9.29 Å². The zero-order valence-electron chi connectivity index (χ0n) is 14.3. The lowest BCUT2D eigenvalue weighted by Crippen LogP contribution is -2.68. The van der Waals surface area contributed by atoms with Crippen LogP contribution in [0.25, 0.3) is 0 Å². The average molecular weight is 389 g/mol. The minimum Gasteiger partial charge on any atom is -0.375 e. The van der Waals surface area contributed by atoms with Gasteiger partial charge < -0.3 is 4.74 Å². The quantitative estimate of drug-likeness (QED) is 0.687. The van der Waals surface area contributed by atoms with Crippen molar-refractivity contribution >= 4 is 19.9 Å². The third-order valence-corrected chi connectivity index (χ3v) is 9.71. The van der Waals surface area contributed by atoms with Crippen molar-refractivity contribution in [3.05, 3.63) is 30.1 Å². The lowest BCUT2D eigenvalue weighted by molar-refractivity contribution is 0.0472. The molecule has 25 heavy (non-hydrogen) atoms. The van der Waals surface area contributed by atoms with E-state index in [1.54, 1.807) is 13.1 Å². The van der Waals surface area contributed by atoms with Crippen LogP contribution in [0.5, 0.6) is 0 Å². The van der Waals surface area contributed by atoms with Crippen LogP contribution in [0.4, 0.5) is 0 Å². The van der Waals surface area contributed by atoms with Gasteiger partial charge in [0.15, 0.2) is 9.84 Å². The SMILES string of the molecule is CCCS(=O)(=O)N1CC2(C1)[C@@H](COCc1ccccn1)CCS2(=O)=O.